The van der Waals surface area contributed by atoms with Gasteiger partial charge in [0.25, 0.3) is 11.8 Å². The van der Waals surface area contributed by atoms with Crippen LogP contribution < -0.4 is 10.6 Å². The Kier molecular flexibility index (Phi) is 6.22. The van der Waals surface area contributed by atoms with E-state index in [0.717, 1.165) is 43.0 Å². The molecule has 5 rings (SSSR count). The second-order valence-electron chi connectivity index (χ2n) is 8.87. The Hall–Kier alpha value is -4.14. The lowest BCUT2D eigenvalue weighted by molar-refractivity contribution is -0.132. The molecule has 9 nitrogen and oxygen atoms in total. The summed E-state index contributed by atoms with van der Waals surface area (Å²) in [4.78, 5) is 52.2. The molecule has 180 valence electrons. The topological polar surface area (TPSA) is 114 Å². The molecule has 3 heterocycles. The van der Waals surface area contributed by atoms with E-state index in [1.165, 1.54) is 11.0 Å². The Bertz CT molecular complexity index is 1310. The fourth-order valence-corrected chi connectivity index (χ4v) is 4.83. The number of barbiturate groups is 1. The molecular formula is C26H26N4O5. The average Bonchev–Trinajstić information content (AvgIpc) is 3.49. The number of benzene rings is 1. The summed E-state index contributed by atoms with van der Waals surface area (Å²) in [5.41, 5.74) is 1.33. The molecule has 0 radical (unpaired) electrons. The molecule has 2 aromatic heterocycles. The summed E-state index contributed by atoms with van der Waals surface area (Å²) in [5, 5.41) is 5.93. The van der Waals surface area contributed by atoms with Gasteiger partial charge in [-0.3, -0.25) is 24.6 Å². The molecule has 35 heavy (non-hydrogen) atoms. The largest absolute Gasteiger partial charge is 0.467 e. The number of hydrogen-bond donors (Lipinski definition) is 2. The normalized spacial score (nSPS) is 18.3. The fourth-order valence-electron chi connectivity index (χ4n) is 4.83. The van der Waals surface area contributed by atoms with Gasteiger partial charge in [-0.25, -0.2) is 4.79 Å². The predicted molar refractivity (Wildman–Crippen MR) is 128 cm³/mol. The van der Waals surface area contributed by atoms with Crippen molar-refractivity contribution in [3.05, 3.63) is 65.8 Å². The Balaban J connectivity index is 1.42. The van der Waals surface area contributed by atoms with Crippen LogP contribution in [0.5, 0.6) is 0 Å². The van der Waals surface area contributed by atoms with Crippen LogP contribution in [0, 0.1) is 0 Å². The highest BCUT2D eigenvalue weighted by Gasteiger charge is 2.40. The summed E-state index contributed by atoms with van der Waals surface area (Å²) in [6, 6.07) is 10.1. The van der Waals surface area contributed by atoms with Crippen LogP contribution >= 0.6 is 0 Å². The van der Waals surface area contributed by atoms with Gasteiger partial charge in [0, 0.05) is 28.7 Å². The van der Waals surface area contributed by atoms with Crippen molar-refractivity contribution in [3.63, 3.8) is 0 Å². The van der Waals surface area contributed by atoms with Crippen molar-refractivity contribution in [2.45, 2.75) is 51.2 Å². The summed E-state index contributed by atoms with van der Waals surface area (Å²) in [6.07, 6.45) is 9.27. The molecule has 2 N–H and O–H groups in total. The maximum Gasteiger partial charge on any atom is 0.331 e. The number of amides is 5. The summed E-state index contributed by atoms with van der Waals surface area (Å²) < 4.78 is 7.02. The van der Waals surface area contributed by atoms with E-state index >= 15 is 0 Å². The summed E-state index contributed by atoms with van der Waals surface area (Å²) in [7, 11) is 0. The van der Waals surface area contributed by atoms with Gasteiger partial charge in [-0.05, 0) is 37.1 Å². The van der Waals surface area contributed by atoms with Gasteiger partial charge in [-0.15, -0.1) is 0 Å². The molecule has 2 fully saturated rings. The van der Waals surface area contributed by atoms with Gasteiger partial charge in [0.05, 0.1) is 12.8 Å². The first-order chi connectivity index (χ1) is 17.0. The molecule has 1 saturated carbocycles. The second kappa shape index (κ2) is 9.61. The lowest BCUT2D eigenvalue weighted by Gasteiger charge is -2.35. The summed E-state index contributed by atoms with van der Waals surface area (Å²) in [6.45, 7) is 0.332. The fraction of sp³-hybridized carbons (Fsp3) is 0.308. The highest BCUT2D eigenvalue weighted by atomic mass is 16.3. The van der Waals surface area contributed by atoms with E-state index in [0.29, 0.717) is 11.3 Å². The standard InChI is InChI=1S/C26H26N4O5/c31-23(27-14-19-9-6-12-35-19)16-29-15-17(20-10-4-5-11-22(20)29)13-21-24(32)28-26(34)30(25(21)33)18-7-2-1-3-8-18/h4-6,9-13,15,18H,1-3,7-8,14,16H2,(H,27,31)(H,28,32,34)/b21-13+. The minimum Gasteiger partial charge on any atom is -0.467 e. The number of fused-ring (bicyclic) bond motifs is 1. The molecule has 2 aliphatic rings. The monoisotopic (exact) mass is 474 g/mol. The van der Waals surface area contributed by atoms with Crippen molar-refractivity contribution in [1.29, 1.82) is 0 Å². The van der Waals surface area contributed by atoms with E-state index in [2.05, 4.69) is 10.6 Å². The summed E-state index contributed by atoms with van der Waals surface area (Å²) in [5.74, 6) is -0.833. The molecule has 1 aliphatic heterocycles. The third-order valence-corrected chi connectivity index (χ3v) is 6.55. The van der Waals surface area contributed by atoms with Crippen LogP contribution in [-0.2, 0) is 27.5 Å². The highest BCUT2D eigenvalue weighted by Crippen LogP contribution is 2.28. The van der Waals surface area contributed by atoms with Crippen molar-refractivity contribution in [1.82, 2.24) is 20.1 Å². The number of nitrogens with zero attached hydrogens (tertiary/aromatic N) is 2. The lowest BCUT2D eigenvalue weighted by Crippen LogP contribution is -2.58. The van der Waals surface area contributed by atoms with Gasteiger partial charge in [0.15, 0.2) is 0 Å². The zero-order chi connectivity index (χ0) is 24.4. The molecular weight excluding hydrogens is 448 g/mol. The Morgan fingerprint density at radius 3 is 2.66 bits per heavy atom. The SMILES string of the molecule is O=C(Cn1cc(/C=C2\C(=O)NC(=O)N(C3CCCCC3)C2=O)c2ccccc21)NCc1ccco1. The number of imide groups is 2. The van der Waals surface area contributed by atoms with Crippen molar-refractivity contribution in [3.8, 4) is 0 Å². The van der Waals surface area contributed by atoms with E-state index in [1.807, 2.05) is 24.3 Å². The van der Waals surface area contributed by atoms with Gasteiger partial charge in [-0.2, -0.15) is 0 Å². The molecule has 0 spiro atoms. The molecule has 0 unspecified atom stereocenters. The van der Waals surface area contributed by atoms with Crippen LogP contribution in [0.25, 0.3) is 17.0 Å². The second-order valence-corrected chi connectivity index (χ2v) is 8.87. The van der Waals surface area contributed by atoms with Crippen LogP contribution in [0.15, 0.2) is 58.8 Å². The smallest absolute Gasteiger partial charge is 0.331 e. The van der Waals surface area contributed by atoms with E-state index in [-0.39, 0.29) is 30.6 Å². The van der Waals surface area contributed by atoms with E-state index in [9.17, 15) is 19.2 Å². The molecule has 1 saturated heterocycles. The number of para-hydroxylation sites is 1. The van der Waals surface area contributed by atoms with Gasteiger partial charge in [-0.1, -0.05) is 37.5 Å². The number of hydrogen-bond acceptors (Lipinski definition) is 5. The Morgan fingerprint density at radius 2 is 1.89 bits per heavy atom. The zero-order valence-electron chi connectivity index (χ0n) is 19.2. The van der Waals surface area contributed by atoms with Crippen molar-refractivity contribution < 1.29 is 23.6 Å². The number of carbonyl (C=O) groups is 4. The third-order valence-electron chi connectivity index (χ3n) is 6.55. The molecule has 1 aliphatic carbocycles. The van der Waals surface area contributed by atoms with Crippen LogP contribution in [0.4, 0.5) is 4.79 Å². The molecule has 3 aromatic rings. The zero-order valence-corrected chi connectivity index (χ0v) is 19.2. The van der Waals surface area contributed by atoms with Crippen LogP contribution in [0.1, 0.15) is 43.4 Å². The van der Waals surface area contributed by atoms with Gasteiger partial charge in [0.2, 0.25) is 5.91 Å². The molecule has 0 atom stereocenters. The average molecular weight is 475 g/mol. The van der Waals surface area contributed by atoms with E-state index < -0.39 is 17.8 Å². The lowest BCUT2D eigenvalue weighted by atomic mass is 9.93. The van der Waals surface area contributed by atoms with Gasteiger partial charge < -0.3 is 14.3 Å². The predicted octanol–water partition coefficient (Wildman–Crippen LogP) is 3.35. The third kappa shape index (κ3) is 4.62. The maximum atomic E-state index is 13.3. The Labute approximate surface area is 201 Å². The first-order valence-electron chi connectivity index (χ1n) is 11.8. The number of furan rings is 1. The number of carbonyl (C=O) groups excluding carboxylic acids is 4. The quantitative estimate of drug-likeness (QED) is 0.420. The minimum atomic E-state index is -0.708. The van der Waals surface area contributed by atoms with E-state index in [1.54, 1.807) is 29.2 Å². The van der Waals surface area contributed by atoms with Crippen LogP contribution in [-0.4, -0.2) is 39.3 Å². The number of rotatable bonds is 6. The Morgan fingerprint density at radius 1 is 1.09 bits per heavy atom. The molecule has 9 heteroatoms. The molecule has 5 amide bonds. The van der Waals surface area contributed by atoms with Crippen molar-refractivity contribution in [2.24, 2.45) is 0 Å². The van der Waals surface area contributed by atoms with Gasteiger partial charge in [0.1, 0.15) is 17.9 Å². The molecule has 0 bridgehead atoms. The number of aromatic nitrogens is 1. The molecule has 1 aromatic carbocycles. The van der Waals surface area contributed by atoms with Crippen LogP contribution in [0.2, 0.25) is 0 Å². The van der Waals surface area contributed by atoms with Gasteiger partial charge >= 0.3 is 6.03 Å². The first kappa shape index (κ1) is 22.6. The number of urea groups is 1. The summed E-state index contributed by atoms with van der Waals surface area (Å²) >= 11 is 0. The maximum absolute atomic E-state index is 13.3. The van der Waals surface area contributed by atoms with Crippen molar-refractivity contribution in [2.75, 3.05) is 0 Å². The number of nitrogens with one attached hydrogen (secondary N) is 2. The minimum absolute atomic E-state index is 0.0528. The van der Waals surface area contributed by atoms with Crippen LogP contribution in [0.3, 0.4) is 0 Å². The van der Waals surface area contributed by atoms with Crippen molar-refractivity contribution >= 4 is 40.7 Å². The first-order valence-corrected chi connectivity index (χ1v) is 11.8. The highest BCUT2D eigenvalue weighted by molar-refractivity contribution is 6.31. The van der Waals surface area contributed by atoms with E-state index in [4.69, 9.17) is 4.42 Å².